The van der Waals surface area contributed by atoms with Crippen molar-refractivity contribution in [3.05, 3.63) is 47.2 Å². The number of aryl methyl sites for hydroxylation is 1. The van der Waals surface area contributed by atoms with Crippen molar-refractivity contribution < 1.29 is 4.74 Å². The molecule has 1 heterocycles. The lowest BCUT2D eigenvalue weighted by Crippen LogP contribution is -2.07. The van der Waals surface area contributed by atoms with E-state index >= 15 is 0 Å². The number of anilines is 1. The largest absolute Gasteiger partial charge is 0.478 e. The Balaban J connectivity index is 2.03. The molecular formula is C16H22N4O. The van der Waals surface area contributed by atoms with Gasteiger partial charge in [-0.15, -0.1) is 0 Å². The van der Waals surface area contributed by atoms with E-state index in [9.17, 15) is 0 Å². The molecule has 5 nitrogen and oxygen atoms in total. The van der Waals surface area contributed by atoms with Crippen LogP contribution < -0.4 is 15.8 Å². The van der Waals surface area contributed by atoms with Gasteiger partial charge in [0.25, 0.3) is 0 Å². The van der Waals surface area contributed by atoms with E-state index in [4.69, 9.17) is 10.5 Å². The van der Waals surface area contributed by atoms with Gasteiger partial charge in [0.1, 0.15) is 0 Å². The quantitative estimate of drug-likeness (QED) is 0.818. The number of benzene rings is 1. The minimum atomic E-state index is 0.545. The Morgan fingerprint density at radius 1 is 1.19 bits per heavy atom. The molecule has 3 N–H and O–H groups in total. The van der Waals surface area contributed by atoms with Crippen LogP contribution in [0.5, 0.6) is 5.88 Å². The topological polar surface area (TPSA) is 73.1 Å². The Morgan fingerprint density at radius 3 is 2.76 bits per heavy atom. The van der Waals surface area contributed by atoms with Crippen molar-refractivity contribution in [1.29, 1.82) is 0 Å². The number of hydrogen-bond donors (Lipinski definition) is 2. The summed E-state index contributed by atoms with van der Waals surface area (Å²) in [5.74, 6) is 1.20. The second-order valence-corrected chi connectivity index (χ2v) is 4.90. The Labute approximate surface area is 125 Å². The third-order valence-corrected chi connectivity index (χ3v) is 2.96. The number of nitrogens with zero attached hydrogens (tertiary/aromatic N) is 2. The number of ether oxygens (including phenoxy) is 1. The molecule has 1 aromatic heterocycles. The lowest BCUT2D eigenvalue weighted by Gasteiger charge is -2.09. The first-order valence-electron chi connectivity index (χ1n) is 7.21. The van der Waals surface area contributed by atoms with Crippen molar-refractivity contribution >= 4 is 5.95 Å². The van der Waals surface area contributed by atoms with Gasteiger partial charge in [-0.3, -0.25) is 0 Å². The lowest BCUT2D eigenvalue weighted by molar-refractivity contribution is 0.305. The third-order valence-electron chi connectivity index (χ3n) is 2.96. The maximum atomic E-state index is 5.65. The zero-order valence-electron chi connectivity index (χ0n) is 12.6. The van der Waals surface area contributed by atoms with Crippen molar-refractivity contribution in [2.75, 3.05) is 11.9 Å². The SMILES string of the molecule is CCCOc1cc(C)nc(NCc2cccc(CN)c2)n1. The van der Waals surface area contributed by atoms with E-state index in [1.54, 1.807) is 0 Å². The zero-order valence-corrected chi connectivity index (χ0v) is 12.6. The summed E-state index contributed by atoms with van der Waals surface area (Å²) in [6.45, 7) is 5.86. The van der Waals surface area contributed by atoms with E-state index in [2.05, 4.69) is 34.3 Å². The number of nitrogens with two attached hydrogens (primary N) is 1. The van der Waals surface area contributed by atoms with Gasteiger partial charge < -0.3 is 15.8 Å². The monoisotopic (exact) mass is 286 g/mol. The molecule has 1 aromatic carbocycles. The van der Waals surface area contributed by atoms with Crippen molar-refractivity contribution in [3.63, 3.8) is 0 Å². The van der Waals surface area contributed by atoms with Gasteiger partial charge in [0.2, 0.25) is 11.8 Å². The fourth-order valence-corrected chi connectivity index (χ4v) is 1.95. The molecule has 0 saturated heterocycles. The molecule has 0 bridgehead atoms. The molecule has 21 heavy (non-hydrogen) atoms. The molecule has 0 unspecified atom stereocenters. The van der Waals surface area contributed by atoms with Gasteiger partial charge in [0.05, 0.1) is 6.61 Å². The van der Waals surface area contributed by atoms with Crippen LogP contribution in [0.25, 0.3) is 0 Å². The molecular weight excluding hydrogens is 264 g/mol. The summed E-state index contributed by atoms with van der Waals surface area (Å²) in [6.07, 6.45) is 0.956. The summed E-state index contributed by atoms with van der Waals surface area (Å²) in [5, 5.41) is 3.23. The molecule has 2 rings (SSSR count). The van der Waals surface area contributed by atoms with E-state index in [0.717, 1.165) is 23.2 Å². The number of aromatic nitrogens is 2. The Morgan fingerprint density at radius 2 is 2.00 bits per heavy atom. The van der Waals surface area contributed by atoms with Gasteiger partial charge in [-0.2, -0.15) is 4.98 Å². The molecule has 0 aliphatic rings. The Hall–Kier alpha value is -2.14. The lowest BCUT2D eigenvalue weighted by atomic mass is 10.1. The highest BCUT2D eigenvalue weighted by Crippen LogP contribution is 2.13. The molecule has 5 heteroatoms. The highest BCUT2D eigenvalue weighted by Gasteiger charge is 2.03. The molecule has 112 valence electrons. The first-order chi connectivity index (χ1) is 10.2. The van der Waals surface area contributed by atoms with E-state index in [1.165, 1.54) is 0 Å². The average Bonchev–Trinajstić information content (AvgIpc) is 2.50. The van der Waals surface area contributed by atoms with Crippen molar-refractivity contribution in [1.82, 2.24) is 9.97 Å². The van der Waals surface area contributed by atoms with Crippen LogP contribution in [-0.4, -0.2) is 16.6 Å². The first kappa shape index (κ1) is 15.3. The number of nitrogens with one attached hydrogen (secondary N) is 1. The van der Waals surface area contributed by atoms with Gasteiger partial charge in [0.15, 0.2) is 0 Å². The molecule has 0 aliphatic carbocycles. The summed E-state index contributed by atoms with van der Waals surface area (Å²) in [7, 11) is 0. The fraction of sp³-hybridized carbons (Fsp3) is 0.375. The van der Waals surface area contributed by atoms with Crippen LogP contribution in [0.3, 0.4) is 0 Å². The standard InChI is InChI=1S/C16H22N4O/c1-3-7-21-15-8-12(2)19-16(20-15)18-11-14-6-4-5-13(9-14)10-17/h4-6,8-9H,3,7,10-11,17H2,1-2H3,(H,18,19,20). The van der Waals surface area contributed by atoms with E-state index < -0.39 is 0 Å². The number of rotatable bonds is 7. The molecule has 0 saturated carbocycles. The van der Waals surface area contributed by atoms with Gasteiger partial charge in [0, 0.05) is 24.8 Å². The molecule has 2 aromatic rings. The van der Waals surface area contributed by atoms with E-state index in [0.29, 0.717) is 31.5 Å². The van der Waals surface area contributed by atoms with Gasteiger partial charge in [-0.25, -0.2) is 4.98 Å². The van der Waals surface area contributed by atoms with Crippen molar-refractivity contribution in [2.24, 2.45) is 5.73 Å². The average molecular weight is 286 g/mol. The zero-order chi connectivity index (χ0) is 15.1. The maximum Gasteiger partial charge on any atom is 0.226 e. The minimum absolute atomic E-state index is 0.545. The molecule has 0 fully saturated rings. The number of hydrogen-bond acceptors (Lipinski definition) is 5. The van der Waals surface area contributed by atoms with Crippen LogP contribution in [0.4, 0.5) is 5.95 Å². The Kier molecular flexibility index (Phi) is 5.51. The molecule has 0 aliphatic heterocycles. The predicted molar refractivity (Wildman–Crippen MR) is 84.2 cm³/mol. The molecule has 0 amide bonds. The highest BCUT2D eigenvalue weighted by molar-refractivity contribution is 5.33. The summed E-state index contributed by atoms with van der Waals surface area (Å²) in [5.41, 5.74) is 8.80. The normalized spacial score (nSPS) is 10.4. The van der Waals surface area contributed by atoms with Crippen LogP contribution in [0, 0.1) is 6.92 Å². The first-order valence-corrected chi connectivity index (χ1v) is 7.21. The summed E-state index contributed by atoms with van der Waals surface area (Å²) in [6, 6.07) is 10.00. The van der Waals surface area contributed by atoms with Crippen LogP contribution in [0.15, 0.2) is 30.3 Å². The second-order valence-electron chi connectivity index (χ2n) is 4.90. The highest BCUT2D eigenvalue weighted by atomic mass is 16.5. The molecule has 0 spiro atoms. The van der Waals surface area contributed by atoms with Gasteiger partial charge in [-0.1, -0.05) is 31.2 Å². The summed E-state index contributed by atoms with van der Waals surface area (Å²) < 4.78 is 5.56. The van der Waals surface area contributed by atoms with Crippen molar-refractivity contribution in [2.45, 2.75) is 33.4 Å². The predicted octanol–water partition coefficient (Wildman–Crippen LogP) is 2.64. The van der Waals surface area contributed by atoms with Crippen molar-refractivity contribution in [3.8, 4) is 5.88 Å². The van der Waals surface area contributed by atoms with E-state index in [-0.39, 0.29) is 0 Å². The molecule has 0 atom stereocenters. The maximum absolute atomic E-state index is 5.65. The third kappa shape index (κ3) is 4.72. The van der Waals surface area contributed by atoms with Crippen LogP contribution in [0.2, 0.25) is 0 Å². The van der Waals surface area contributed by atoms with Crippen LogP contribution in [0.1, 0.15) is 30.2 Å². The summed E-state index contributed by atoms with van der Waals surface area (Å²) in [4.78, 5) is 8.73. The fourth-order valence-electron chi connectivity index (χ4n) is 1.95. The smallest absolute Gasteiger partial charge is 0.226 e. The molecule has 0 radical (unpaired) electrons. The summed E-state index contributed by atoms with van der Waals surface area (Å²) >= 11 is 0. The Bertz CT molecular complexity index is 586. The van der Waals surface area contributed by atoms with Gasteiger partial charge >= 0.3 is 0 Å². The van der Waals surface area contributed by atoms with E-state index in [1.807, 2.05) is 25.1 Å². The van der Waals surface area contributed by atoms with Crippen LogP contribution >= 0.6 is 0 Å². The minimum Gasteiger partial charge on any atom is -0.478 e. The second kappa shape index (κ2) is 7.59. The van der Waals surface area contributed by atoms with Crippen LogP contribution in [-0.2, 0) is 13.1 Å². The van der Waals surface area contributed by atoms with Gasteiger partial charge in [-0.05, 0) is 24.5 Å².